The summed E-state index contributed by atoms with van der Waals surface area (Å²) in [5, 5.41) is 8.52. The predicted octanol–water partition coefficient (Wildman–Crippen LogP) is 2.59. The summed E-state index contributed by atoms with van der Waals surface area (Å²) in [7, 11) is 5.17. The van der Waals surface area contributed by atoms with Crippen LogP contribution in [0.15, 0.2) is 42.5 Å². The van der Waals surface area contributed by atoms with Crippen molar-refractivity contribution in [2.75, 3.05) is 51.5 Å². The first kappa shape index (κ1) is 22.4. The Bertz CT molecular complexity index is 1140. The minimum absolute atomic E-state index is 0.118. The number of nitrogens with one attached hydrogen (secondary N) is 1. The van der Waals surface area contributed by atoms with Crippen LogP contribution in [0.3, 0.4) is 0 Å². The van der Waals surface area contributed by atoms with Crippen LogP contribution in [0.25, 0.3) is 10.9 Å². The van der Waals surface area contributed by atoms with Gasteiger partial charge in [0.15, 0.2) is 17.5 Å². The Morgan fingerprint density at radius 3 is 2.33 bits per heavy atom. The Kier molecular flexibility index (Phi) is 6.13. The number of ether oxygens (including phenoxy) is 2. The molecule has 0 spiro atoms. The molecule has 0 amide bonds. The van der Waals surface area contributed by atoms with Gasteiger partial charge in [0.05, 0.1) is 19.7 Å². The molecule has 3 aromatic rings. The van der Waals surface area contributed by atoms with E-state index < -0.39 is 0 Å². The van der Waals surface area contributed by atoms with Crippen molar-refractivity contribution < 1.29 is 9.47 Å². The number of nitrogens with two attached hydrogens (primary N) is 2. The van der Waals surface area contributed by atoms with E-state index in [4.69, 9.17) is 31.3 Å². The maximum absolute atomic E-state index is 7.80. The lowest BCUT2D eigenvalue weighted by Gasteiger charge is -2.44. The molecule has 1 aliphatic rings. The van der Waals surface area contributed by atoms with E-state index in [1.54, 1.807) is 20.3 Å². The number of methoxy groups -OCH3 is 2. The number of piperidine rings is 1. The number of aromatic nitrogens is 2. The summed E-state index contributed by atoms with van der Waals surface area (Å²) in [4.78, 5) is 13.4. The Balaban J connectivity index is 1.68. The molecule has 4 rings (SSSR count). The van der Waals surface area contributed by atoms with E-state index in [0.717, 1.165) is 31.3 Å². The molecule has 1 fully saturated rings. The second kappa shape index (κ2) is 9.01. The van der Waals surface area contributed by atoms with Crippen LogP contribution in [0.4, 0.5) is 11.8 Å². The number of likely N-dealkylation sites (tertiary alicyclic amines) is 1. The molecule has 0 aliphatic carbocycles. The summed E-state index contributed by atoms with van der Waals surface area (Å²) in [6, 6.07) is 14.1. The maximum atomic E-state index is 7.80. The van der Waals surface area contributed by atoms with E-state index in [1.165, 1.54) is 5.56 Å². The summed E-state index contributed by atoms with van der Waals surface area (Å²) in [6.07, 6.45) is 1.74. The molecule has 2 aromatic carbocycles. The average molecular weight is 450 g/mol. The van der Waals surface area contributed by atoms with E-state index >= 15 is 0 Å². The highest BCUT2D eigenvalue weighted by Gasteiger charge is 2.38. The molecule has 33 heavy (non-hydrogen) atoms. The van der Waals surface area contributed by atoms with Gasteiger partial charge in [-0.3, -0.25) is 5.41 Å². The Labute approximate surface area is 193 Å². The fraction of sp³-hybridized carbons (Fsp3) is 0.375. The van der Waals surface area contributed by atoms with Crippen molar-refractivity contribution in [1.29, 1.82) is 5.41 Å². The number of hydrogen-bond acceptors (Lipinski definition) is 7. The number of likely N-dealkylation sites (N-methyl/N-ethyl adjacent to an activating group) is 1. The minimum atomic E-state index is -0.118. The fourth-order valence-corrected chi connectivity index (χ4v) is 4.67. The molecule has 9 nitrogen and oxygen atoms in total. The Morgan fingerprint density at radius 1 is 1.09 bits per heavy atom. The van der Waals surface area contributed by atoms with Crippen LogP contribution in [-0.4, -0.2) is 61.7 Å². The monoisotopic (exact) mass is 449 g/mol. The van der Waals surface area contributed by atoms with Crippen molar-refractivity contribution >= 4 is 28.6 Å². The topological polar surface area (TPSA) is 127 Å². The van der Waals surface area contributed by atoms with Gasteiger partial charge < -0.3 is 30.7 Å². The zero-order valence-electron chi connectivity index (χ0n) is 19.3. The van der Waals surface area contributed by atoms with Crippen molar-refractivity contribution in [2.24, 2.45) is 5.73 Å². The molecule has 0 bridgehead atoms. The van der Waals surface area contributed by atoms with Crippen LogP contribution in [-0.2, 0) is 5.41 Å². The largest absolute Gasteiger partial charge is 0.493 e. The number of guanidine groups is 1. The van der Waals surface area contributed by atoms with Gasteiger partial charge in [0.2, 0.25) is 5.95 Å². The van der Waals surface area contributed by atoms with Crippen LogP contribution in [0.2, 0.25) is 0 Å². The normalized spacial score (nSPS) is 15.3. The zero-order chi connectivity index (χ0) is 23.6. The third-order valence-corrected chi connectivity index (χ3v) is 6.55. The molecule has 1 aliphatic heterocycles. The smallest absolute Gasteiger partial charge is 0.227 e. The highest BCUT2D eigenvalue weighted by atomic mass is 16.5. The van der Waals surface area contributed by atoms with E-state index in [0.29, 0.717) is 35.3 Å². The number of nitrogen functional groups attached to an aromatic ring is 1. The minimum Gasteiger partial charge on any atom is -0.493 e. The first-order valence-electron chi connectivity index (χ1n) is 10.9. The standard InChI is InChI=1S/C24H31N7O2/c1-30(23-28-18-14-20(33-3)19(32-2)13-17(18)21(25)29-23)15-24(16-7-5-4-6-8-16)9-11-31(12-10-24)22(26)27/h4-8,13-14H,9-12,15H2,1-3H3,(H3,26,27)(H2,25,28,29). The highest BCUT2D eigenvalue weighted by molar-refractivity contribution is 5.91. The van der Waals surface area contributed by atoms with Gasteiger partial charge in [-0.2, -0.15) is 4.98 Å². The van der Waals surface area contributed by atoms with Crippen LogP contribution < -0.4 is 25.8 Å². The fourth-order valence-electron chi connectivity index (χ4n) is 4.67. The molecule has 5 N–H and O–H groups in total. The second-order valence-electron chi connectivity index (χ2n) is 8.51. The van der Waals surface area contributed by atoms with E-state index in [2.05, 4.69) is 34.1 Å². The maximum Gasteiger partial charge on any atom is 0.227 e. The molecule has 0 unspecified atom stereocenters. The van der Waals surface area contributed by atoms with Crippen LogP contribution in [0, 0.1) is 5.41 Å². The number of rotatable bonds is 6. The van der Waals surface area contributed by atoms with Gasteiger partial charge in [-0.1, -0.05) is 30.3 Å². The van der Waals surface area contributed by atoms with Gasteiger partial charge >= 0.3 is 0 Å². The van der Waals surface area contributed by atoms with Crippen molar-refractivity contribution in [2.45, 2.75) is 18.3 Å². The molecule has 0 saturated carbocycles. The quantitative estimate of drug-likeness (QED) is 0.387. The molecule has 1 aromatic heterocycles. The molecule has 9 heteroatoms. The molecule has 0 atom stereocenters. The summed E-state index contributed by atoms with van der Waals surface area (Å²) in [5.74, 6) is 2.25. The van der Waals surface area contributed by atoms with Gasteiger partial charge in [0.25, 0.3) is 0 Å². The number of fused-ring (bicyclic) bond motifs is 1. The van der Waals surface area contributed by atoms with Gasteiger partial charge in [-0.25, -0.2) is 4.98 Å². The molecular weight excluding hydrogens is 418 g/mol. The zero-order valence-corrected chi connectivity index (χ0v) is 19.3. The lowest BCUT2D eigenvalue weighted by Crippen LogP contribution is -2.51. The van der Waals surface area contributed by atoms with Crippen LogP contribution in [0.1, 0.15) is 18.4 Å². The lowest BCUT2D eigenvalue weighted by atomic mass is 9.72. The van der Waals surface area contributed by atoms with Gasteiger partial charge in [-0.15, -0.1) is 0 Å². The summed E-state index contributed by atoms with van der Waals surface area (Å²) in [5.41, 5.74) is 13.9. The van der Waals surface area contributed by atoms with Crippen molar-refractivity contribution in [3.63, 3.8) is 0 Å². The first-order chi connectivity index (χ1) is 15.9. The summed E-state index contributed by atoms with van der Waals surface area (Å²) in [6.45, 7) is 2.17. The third kappa shape index (κ3) is 4.30. The number of hydrogen-bond donors (Lipinski definition) is 3. The van der Waals surface area contributed by atoms with Gasteiger partial charge in [0.1, 0.15) is 5.82 Å². The van der Waals surface area contributed by atoms with Gasteiger partial charge in [0, 0.05) is 43.5 Å². The van der Waals surface area contributed by atoms with Crippen LogP contribution in [0.5, 0.6) is 11.5 Å². The molecular formula is C24H31N7O2. The van der Waals surface area contributed by atoms with E-state index in [1.807, 2.05) is 24.1 Å². The highest BCUT2D eigenvalue weighted by Crippen LogP contribution is 2.38. The second-order valence-corrected chi connectivity index (χ2v) is 8.51. The lowest BCUT2D eigenvalue weighted by molar-refractivity contribution is 0.226. The number of benzene rings is 2. The molecule has 0 radical (unpaired) electrons. The third-order valence-electron chi connectivity index (χ3n) is 6.55. The SMILES string of the molecule is COc1cc2nc(N(C)CC3(c4ccccc4)CCN(C(=N)N)CC3)nc(N)c2cc1OC. The summed E-state index contributed by atoms with van der Waals surface area (Å²) >= 11 is 0. The average Bonchev–Trinajstić information content (AvgIpc) is 2.84. The van der Waals surface area contributed by atoms with Crippen molar-refractivity contribution in [3.05, 3.63) is 48.0 Å². The molecule has 2 heterocycles. The Hall–Kier alpha value is -3.75. The number of nitrogens with zero attached hydrogens (tertiary/aromatic N) is 4. The van der Waals surface area contributed by atoms with E-state index in [9.17, 15) is 0 Å². The first-order valence-corrected chi connectivity index (χ1v) is 10.9. The molecule has 174 valence electrons. The Morgan fingerprint density at radius 2 is 1.73 bits per heavy atom. The van der Waals surface area contributed by atoms with Crippen LogP contribution >= 0.6 is 0 Å². The van der Waals surface area contributed by atoms with E-state index in [-0.39, 0.29) is 11.4 Å². The van der Waals surface area contributed by atoms with Crippen molar-refractivity contribution in [3.8, 4) is 11.5 Å². The van der Waals surface area contributed by atoms with Gasteiger partial charge in [-0.05, 0) is 24.5 Å². The van der Waals surface area contributed by atoms with Crippen molar-refractivity contribution in [1.82, 2.24) is 14.9 Å². The number of anilines is 2. The summed E-state index contributed by atoms with van der Waals surface area (Å²) < 4.78 is 10.8. The predicted molar refractivity (Wildman–Crippen MR) is 131 cm³/mol. The molecule has 1 saturated heterocycles.